The van der Waals surface area contributed by atoms with E-state index in [1.165, 1.54) is 0 Å². The fourth-order valence-corrected chi connectivity index (χ4v) is 2.17. The third kappa shape index (κ3) is 3.62. The summed E-state index contributed by atoms with van der Waals surface area (Å²) in [6, 6.07) is 5.62. The lowest BCUT2D eigenvalue weighted by Gasteiger charge is -2.26. The predicted octanol–water partition coefficient (Wildman–Crippen LogP) is 1.76. The molecule has 3 N–H and O–H groups in total. The first kappa shape index (κ1) is 14.8. The minimum absolute atomic E-state index is 0.0118. The molecule has 0 saturated carbocycles. The number of rotatable bonds is 6. The van der Waals surface area contributed by atoms with Crippen LogP contribution >= 0.6 is 11.6 Å². The normalized spacial score (nSPS) is 10.2. The first-order chi connectivity index (χ1) is 8.63. The Morgan fingerprint density at radius 3 is 2.72 bits per heavy atom. The Labute approximate surface area is 113 Å². The van der Waals surface area contributed by atoms with Crippen LogP contribution in [0.4, 0.5) is 5.69 Å². The highest BCUT2D eigenvalue weighted by atomic mass is 35.5. The van der Waals surface area contributed by atoms with Crippen molar-refractivity contribution in [2.75, 3.05) is 24.5 Å². The average Bonchev–Trinajstić information content (AvgIpc) is 2.36. The van der Waals surface area contributed by atoms with Crippen LogP contribution in [0.3, 0.4) is 0 Å². The van der Waals surface area contributed by atoms with Crippen molar-refractivity contribution >= 4 is 23.2 Å². The molecule has 100 valence electrons. The molecule has 0 aliphatic heterocycles. The van der Waals surface area contributed by atoms with Gasteiger partial charge in [-0.15, -0.1) is 0 Å². The summed E-state index contributed by atoms with van der Waals surface area (Å²) in [5.74, 6) is -0.0118. The Kier molecular flexibility index (Phi) is 5.95. The maximum absolute atomic E-state index is 11.7. The molecule has 0 aliphatic carbocycles. The summed E-state index contributed by atoms with van der Waals surface area (Å²) in [5, 5.41) is 3.41. The molecular weight excluding hydrogens is 250 g/mol. The van der Waals surface area contributed by atoms with Crippen LogP contribution in [0.25, 0.3) is 0 Å². The van der Waals surface area contributed by atoms with Gasteiger partial charge in [0.1, 0.15) is 0 Å². The number of nitrogens with two attached hydrogens (primary N) is 1. The summed E-state index contributed by atoms with van der Waals surface area (Å²) in [5.41, 5.74) is 7.52. The van der Waals surface area contributed by atoms with Crippen molar-refractivity contribution in [2.24, 2.45) is 5.73 Å². The van der Waals surface area contributed by atoms with Crippen LogP contribution < -0.4 is 16.0 Å². The van der Waals surface area contributed by atoms with E-state index in [0.717, 1.165) is 11.3 Å². The van der Waals surface area contributed by atoms with Crippen molar-refractivity contribution in [3.05, 3.63) is 28.8 Å². The Bertz CT molecular complexity index is 409. The second-order valence-corrected chi connectivity index (χ2v) is 4.33. The Balaban J connectivity index is 2.97. The lowest BCUT2D eigenvalue weighted by Crippen LogP contribution is -2.37. The molecule has 0 bridgehead atoms. The molecule has 0 heterocycles. The quantitative estimate of drug-likeness (QED) is 0.827. The van der Waals surface area contributed by atoms with Gasteiger partial charge in [0.2, 0.25) is 5.91 Å². The molecule has 0 unspecified atom stereocenters. The van der Waals surface area contributed by atoms with Gasteiger partial charge in [-0.3, -0.25) is 4.79 Å². The number of nitrogens with one attached hydrogen (secondary N) is 1. The maximum Gasteiger partial charge on any atom is 0.239 e. The van der Waals surface area contributed by atoms with E-state index in [0.29, 0.717) is 31.2 Å². The number of amides is 1. The number of hydrogen-bond donors (Lipinski definition) is 2. The number of anilines is 1. The first-order valence-corrected chi connectivity index (χ1v) is 6.50. The van der Waals surface area contributed by atoms with Gasteiger partial charge in [-0.2, -0.15) is 0 Å². The van der Waals surface area contributed by atoms with Crippen molar-refractivity contribution in [3.8, 4) is 0 Å². The fraction of sp³-hybridized carbons (Fsp3) is 0.462. The zero-order chi connectivity index (χ0) is 13.5. The molecule has 0 spiro atoms. The van der Waals surface area contributed by atoms with Crippen molar-refractivity contribution in [1.82, 2.24) is 5.32 Å². The van der Waals surface area contributed by atoms with Crippen LogP contribution in [-0.2, 0) is 11.3 Å². The number of likely N-dealkylation sites (N-methyl/N-ethyl adjacent to an activating group) is 2. The van der Waals surface area contributed by atoms with Crippen LogP contribution in [0.15, 0.2) is 18.2 Å². The van der Waals surface area contributed by atoms with Crippen LogP contribution in [0.5, 0.6) is 0 Å². The summed E-state index contributed by atoms with van der Waals surface area (Å²) in [4.78, 5) is 13.6. The van der Waals surface area contributed by atoms with E-state index in [9.17, 15) is 4.79 Å². The Hall–Kier alpha value is -1.26. The summed E-state index contributed by atoms with van der Waals surface area (Å²) in [7, 11) is 0. The van der Waals surface area contributed by atoms with Gasteiger partial charge in [0.05, 0.1) is 17.3 Å². The highest BCUT2D eigenvalue weighted by molar-refractivity contribution is 6.33. The Morgan fingerprint density at radius 2 is 2.17 bits per heavy atom. The molecule has 4 nitrogen and oxygen atoms in total. The zero-order valence-electron chi connectivity index (χ0n) is 10.9. The molecular formula is C13H20ClN3O. The minimum Gasteiger partial charge on any atom is -0.361 e. The van der Waals surface area contributed by atoms with E-state index in [2.05, 4.69) is 5.32 Å². The standard InChI is InChI=1S/C13H20ClN3O/c1-3-16-12(18)9-17(4-2)13-10(8-15)6-5-7-11(13)14/h5-7H,3-4,8-9,15H2,1-2H3,(H,16,18). The molecule has 0 aromatic heterocycles. The third-order valence-electron chi connectivity index (χ3n) is 2.70. The highest BCUT2D eigenvalue weighted by Gasteiger charge is 2.15. The average molecular weight is 270 g/mol. The van der Waals surface area contributed by atoms with Crippen molar-refractivity contribution < 1.29 is 4.79 Å². The summed E-state index contributed by atoms with van der Waals surface area (Å²) in [6.45, 7) is 5.91. The van der Waals surface area contributed by atoms with Crippen LogP contribution in [-0.4, -0.2) is 25.5 Å². The van der Waals surface area contributed by atoms with Crippen molar-refractivity contribution in [3.63, 3.8) is 0 Å². The molecule has 1 amide bonds. The number of nitrogens with zero attached hydrogens (tertiary/aromatic N) is 1. The molecule has 0 radical (unpaired) electrons. The topological polar surface area (TPSA) is 58.4 Å². The third-order valence-corrected chi connectivity index (χ3v) is 3.00. The van der Waals surface area contributed by atoms with Gasteiger partial charge < -0.3 is 16.0 Å². The fourth-order valence-electron chi connectivity index (χ4n) is 1.85. The second-order valence-electron chi connectivity index (χ2n) is 3.92. The van der Waals surface area contributed by atoms with E-state index in [1.807, 2.05) is 36.9 Å². The SMILES string of the molecule is CCNC(=O)CN(CC)c1c(Cl)cccc1CN. The molecule has 1 rings (SSSR count). The van der Waals surface area contributed by atoms with Gasteiger partial charge in [0.25, 0.3) is 0 Å². The molecule has 5 heteroatoms. The van der Waals surface area contributed by atoms with Crippen LogP contribution in [0.1, 0.15) is 19.4 Å². The first-order valence-electron chi connectivity index (χ1n) is 6.13. The molecule has 0 aliphatic rings. The lowest BCUT2D eigenvalue weighted by atomic mass is 10.1. The monoisotopic (exact) mass is 269 g/mol. The minimum atomic E-state index is -0.0118. The molecule has 1 aromatic rings. The predicted molar refractivity (Wildman–Crippen MR) is 75.9 cm³/mol. The molecule has 0 atom stereocenters. The van der Waals surface area contributed by atoms with Crippen LogP contribution in [0, 0.1) is 0 Å². The number of para-hydroxylation sites is 1. The van der Waals surface area contributed by atoms with E-state index in [1.54, 1.807) is 0 Å². The number of hydrogen-bond acceptors (Lipinski definition) is 3. The van der Waals surface area contributed by atoms with E-state index in [4.69, 9.17) is 17.3 Å². The number of halogens is 1. The van der Waals surface area contributed by atoms with E-state index >= 15 is 0 Å². The Morgan fingerprint density at radius 1 is 1.44 bits per heavy atom. The molecule has 0 fully saturated rings. The maximum atomic E-state index is 11.7. The zero-order valence-corrected chi connectivity index (χ0v) is 11.6. The lowest BCUT2D eigenvalue weighted by molar-refractivity contribution is -0.119. The summed E-state index contributed by atoms with van der Waals surface area (Å²) >= 11 is 6.21. The smallest absolute Gasteiger partial charge is 0.239 e. The number of carbonyl (C=O) groups is 1. The van der Waals surface area contributed by atoms with Crippen molar-refractivity contribution in [2.45, 2.75) is 20.4 Å². The largest absolute Gasteiger partial charge is 0.361 e. The van der Waals surface area contributed by atoms with E-state index < -0.39 is 0 Å². The van der Waals surface area contributed by atoms with Gasteiger partial charge in [-0.25, -0.2) is 0 Å². The van der Waals surface area contributed by atoms with Crippen molar-refractivity contribution in [1.29, 1.82) is 0 Å². The van der Waals surface area contributed by atoms with Gasteiger partial charge >= 0.3 is 0 Å². The van der Waals surface area contributed by atoms with E-state index in [-0.39, 0.29) is 5.91 Å². The number of carbonyl (C=O) groups excluding carboxylic acids is 1. The molecule has 0 saturated heterocycles. The van der Waals surface area contributed by atoms with Gasteiger partial charge in [0.15, 0.2) is 0 Å². The molecule has 18 heavy (non-hydrogen) atoms. The number of benzene rings is 1. The van der Waals surface area contributed by atoms with Gasteiger partial charge in [0, 0.05) is 19.6 Å². The van der Waals surface area contributed by atoms with Gasteiger partial charge in [-0.1, -0.05) is 23.7 Å². The molecule has 1 aromatic carbocycles. The summed E-state index contributed by atoms with van der Waals surface area (Å²) < 4.78 is 0. The second kappa shape index (κ2) is 7.24. The van der Waals surface area contributed by atoms with Gasteiger partial charge in [-0.05, 0) is 25.5 Å². The summed E-state index contributed by atoms with van der Waals surface area (Å²) in [6.07, 6.45) is 0. The van der Waals surface area contributed by atoms with Crippen LogP contribution in [0.2, 0.25) is 5.02 Å². The highest BCUT2D eigenvalue weighted by Crippen LogP contribution is 2.29.